The Kier molecular flexibility index (Phi) is 28.9. The number of hydrogen-bond donors (Lipinski definition) is 6. The average Bonchev–Trinajstić information content (AvgIpc) is 3.01. The van der Waals surface area contributed by atoms with Crippen LogP contribution in [0.15, 0.2) is 0 Å². The Morgan fingerprint density at radius 3 is 1.74 bits per heavy atom. The first-order chi connectivity index (χ1) is 22.6. The second-order valence-electron chi connectivity index (χ2n) is 10.8. The number of carbonyl (C=O) groups excluding carboxylic acids is 4. The van der Waals surface area contributed by atoms with Crippen molar-refractivity contribution in [2.75, 3.05) is 112 Å². The van der Waals surface area contributed by atoms with Gasteiger partial charge >= 0.3 is 6.09 Å². The fraction of sp³-hybridized carbons (Fsp3) is 0.862. The molecule has 0 saturated carbocycles. The van der Waals surface area contributed by atoms with Gasteiger partial charge in [-0.1, -0.05) is 0 Å². The Morgan fingerprint density at radius 2 is 1.15 bits per heavy atom. The molecule has 1 atom stereocenters. The van der Waals surface area contributed by atoms with Gasteiger partial charge in [0.25, 0.3) is 0 Å². The quantitative estimate of drug-likeness (QED) is 0.0355. The van der Waals surface area contributed by atoms with Crippen molar-refractivity contribution in [3.8, 4) is 0 Å². The Balaban J connectivity index is 4.29. The van der Waals surface area contributed by atoms with E-state index in [9.17, 15) is 19.2 Å². The molecule has 0 heterocycles. The smallest absolute Gasteiger partial charge is 0.431 e. The molecule has 0 aromatic heterocycles. The Labute approximate surface area is 277 Å². The SMILES string of the molecule is CC(C)(C)OC(=O)NOCCOCCOCCNC(=O)[C@H](CCCCNC(=O)COCCOCCN)NC(=O)COCCOCCN. The summed E-state index contributed by atoms with van der Waals surface area (Å²) in [6, 6.07) is -0.801. The molecule has 0 aliphatic carbocycles. The molecular formula is C29H58N6O12. The normalized spacial score (nSPS) is 11.9. The lowest BCUT2D eigenvalue weighted by atomic mass is 10.1. The van der Waals surface area contributed by atoms with E-state index < -0.39 is 23.6 Å². The molecule has 47 heavy (non-hydrogen) atoms. The molecule has 0 unspecified atom stereocenters. The van der Waals surface area contributed by atoms with Crippen molar-refractivity contribution in [3.63, 3.8) is 0 Å². The Morgan fingerprint density at radius 1 is 0.617 bits per heavy atom. The van der Waals surface area contributed by atoms with Gasteiger partial charge in [0.05, 0.1) is 72.7 Å². The molecule has 276 valence electrons. The van der Waals surface area contributed by atoms with Crippen LogP contribution >= 0.6 is 0 Å². The molecular weight excluding hydrogens is 624 g/mol. The standard InChI is InChI=1S/C29H58N6O12/c1-29(2,3)47-28(39)35-46-21-20-43-15-14-42-13-10-33-27(38)24(34-26(37)23-45-19-17-41-12-8-31)6-4-5-9-32-25(36)22-44-18-16-40-11-7-30/h24H,4-23,30-31H2,1-3H3,(H,32,36)(H,33,38)(H,34,37)(H,35,39)/t24-/m0/s1. The third-order valence-corrected chi connectivity index (χ3v) is 5.43. The summed E-state index contributed by atoms with van der Waals surface area (Å²) in [7, 11) is 0. The Hall–Kier alpha value is -2.68. The summed E-state index contributed by atoms with van der Waals surface area (Å²) < 4.78 is 36.8. The van der Waals surface area contributed by atoms with E-state index in [1.165, 1.54) is 0 Å². The van der Waals surface area contributed by atoms with Crippen LogP contribution in [0.1, 0.15) is 40.0 Å². The summed E-state index contributed by atoms with van der Waals surface area (Å²) >= 11 is 0. The molecule has 4 amide bonds. The van der Waals surface area contributed by atoms with Crippen LogP contribution in [-0.4, -0.2) is 148 Å². The molecule has 0 fully saturated rings. The van der Waals surface area contributed by atoms with E-state index >= 15 is 0 Å². The van der Waals surface area contributed by atoms with Crippen LogP contribution in [0.4, 0.5) is 4.79 Å². The van der Waals surface area contributed by atoms with E-state index in [1.807, 2.05) is 0 Å². The molecule has 0 aromatic rings. The van der Waals surface area contributed by atoms with Gasteiger partial charge in [0.15, 0.2) is 0 Å². The summed E-state index contributed by atoms with van der Waals surface area (Å²) in [5, 5.41) is 8.21. The van der Waals surface area contributed by atoms with Gasteiger partial charge in [0.1, 0.15) is 24.9 Å². The highest BCUT2D eigenvalue weighted by Crippen LogP contribution is 2.06. The molecule has 0 aliphatic heterocycles. The van der Waals surface area contributed by atoms with Crippen LogP contribution < -0.4 is 32.9 Å². The third kappa shape index (κ3) is 31.7. The molecule has 0 aliphatic rings. The van der Waals surface area contributed by atoms with Gasteiger partial charge in [-0.05, 0) is 40.0 Å². The second-order valence-corrected chi connectivity index (χ2v) is 10.8. The number of rotatable bonds is 31. The summed E-state index contributed by atoms with van der Waals surface area (Å²) in [6.45, 7) is 9.50. The number of amides is 4. The number of ether oxygens (including phenoxy) is 7. The van der Waals surface area contributed by atoms with E-state index in [4.69, 9.17) is 49.5 Å². The lowest BCUT2D eigenvalue weighted by molar-refractivity contribution is -0.132. The van der Waals surface area contributed by atoms with Gasteiger partial charge in [-0.3, -0.25) is 19.2 Å². The van der Waals surface area contributed by atoms with Crippen LogP contribution in [0.5, 0.6) is 0 Å². The summed E-state index contributed by atoms with van der Waals surface area (Å²) in [5.74, 6) is -1.06. The number of nitrogens with one attached hydrogen (secondary N) is 4. The van der Waals surface area contributed by atoms with E-state index in [0.29, 0.717) is 71.9 Å². The van der Waals surface area contributed by atoms with Crippen molar-refractivity contribution in [2.24, 2.45) is 11.5 Å². The maximum Gasteiger partial charge on any atom is 0.431 e. The first-order valence-corrected chi connectivity index (χ1v) is 15.9. The average molecular weight is 683 g/mol. The zero-order chi connectivity index (χ0) is 35.0. The number of unbranched alkanes of at least 4 members (excludes halogenated alkanes) is 1. The highest BCUT2D eigenvalue weighted by molar-refractivity contribution is 5.88. The molecule has 0 spiro atoms. The van der Waals surface area contributed by atoms with Crippen LogP contribution in [0.2, 0.25) is 0 Å². The second kappa shape index (κ2) is 30.6. The van der Waals surface area contributed by atoms with Gasteiger partial charge in [0.2, 0.25) is 17.7 Å². The predicted molar refractivity (Wildman–Crippen MR) is 170 cm³/mol. The number of hydroxylamine groups is 1. The van der Waals surface area contributed by atoms with Gasteiger partial charge < -0.3 is 60.6 Å². The summed E-state index contributed by atoms with van der Waals surface area (Å²) in [4.78, 5) is 53.6. The van der Waals surface area contributed by atoms with Crippen LogP contribution in [0.25, 0.3) is 0 Å². The van der Waals surface area contributed by atoms with Crippen molar-refractivity contribution >= 4 is 23.8 Å². The van der Waals surface area contributed by atoms with Crippen molar-refractivity contribution in [2.45, 2.75) is 51.7 Å². The van der Waals surface area contributed by atoms with Gasteiger partial charge in [-0.2, -0.15) is 5.48 Å². The minimum Gasteiger partial charge on any atom is -0.442 e. The van der Waals surface area contributed by atoms with Crippen LogP contribution in [0.3, 0.4) is 0 Å². The minimum atomic E-state index is -0.801. The fourth-order valence-electron chi connectivity index (χ4n) is 3.39. The largest absolute Gasteiger partial charge is 0.442 e. The van der Waals surface area contributed by atoms with Crippen molar-refractivity contribution in [1.82, 2.24) is 21.4 Å². The Bertz CT molecular complexity index is 819. The van der Waals surface area contributed by atoms with Crippen molar-refractivity contribution in [3.05, 3.63) is 0 Å². The molecule has 0 saturated heterocycles. The van der Waals surface area contributed by atoms with Gasteiger partial charge in [-0.25, -0.2) is 4.79 Å². The summed E-state index contributed by atoms with van der Waals surface area (Å²) in [6.07, 6.45) is 0.812. The highest BCUT2D eigenvalue weighted by Gasteiger charge is 2.20. The maximum absolute atomic E-state index is 12.8. The van der Waals surface area contributed by atoms with E-state index in [1.54, 1.807) is 20.8 Å². The topological polar surface area (TPSA) is 242 Å². The molecule has 8 N–H and O–H groups in total. The first-order valence-electron chi connectivity index (χ1n) is 15.9. The van der Waals surface area contributed by atoms with E-state index in [-0.39, 0.29) is 71.2 Å². The number of carbonyl (C=O) groups is 4. The van der Waals surface area contributed by atoms with Gasteiger partial charge in [-0.15, -0.1) is 0 Å². The van der Waals surface area contributed by atoms with Gasteiger partial charge in [0, 0.05) is 26.2 Å². The molecule has 0 radical (unpaired) electrons. The zero-order valence-corrected chi connectivity index (χ0v) is 28.3. The van der Waals surface area contributed by atoms with Crippen LogP contribution in [-0.2, 0) is 52.4 Å². The number of nitrogens with two attached hydrogens (primary N) is 2. The number of hydrogen-bond acceptors (Lipinski definition) is 14. The molecule has 0 rings (SSSR count). The zero-order valence-electron chi connectivity index (χ0n) is 28.3. The lowest BCUT2D eigenvalue weighted by Gasteiger charge is -2.19. The van der Waals surface area contributed by atoms with Crippen molar-refractivity contribution in [1.29, 1.82) is 0 Å². The van der Waals surface area contributed by atoms with Crippen molar-refractivity contribution < 1.29 is 57.2 Å². The fourth-order valence-corrected chi connectivity index (χ4v) is 3.39. The summed E-state index contributed by atoms with van der Waals surface area (Å²) in [5.41, 5.74) is 12.2. The third-order valence-electron chi connectivity index (χ3n) is 5.43. The molecule has 18 nitrogen and oxygen atoms in total. The van der Waals surface area contributed by atoms with E-state index in [2.05, 4.69) is 21.4 Å². The predicted octanol–water partition coefficient (Wildman–Crippen LogP) is -1.65. The lowest BCUT2D eigenvalue weighted by Crippen LogP contribution is -2.48. The first kappa shape index (κ1) is 44.3. The highest BCUT2D eigenvalue weighted by atomic mass is 16.7. The molecule has 0 bridgehead atoms. The van der Waals surface area contributed by atoms with E-state index in [0.717, 1.165) is 0 Å². The monoisotopic (exact) mass is 682 g/mol. The minimum absolute atomic E-state index is 0.0831. The van der Waals surface area contributed by atoms with Crippen LogP contribution in [0, 0.1) is 0 Å². The molecule has 18 heteroatoms. The maximum atomic E-state index is 12.8. The molecule has 0 aromatic carbocycles.